The van der Waals surface area contributed by atoms with Crippen molar-refractivity contribution in [2.24, 2.45) is 27.9 Å². The van der Waals surface area contributed by atoms with Gasteiger partial charge in [-0.25, -0.2) is 4.79 Å². The SMILES string of the molecule is CSCCC(NC(=O)C(N)CCCN=C(N)N)C(=O)NC(CO)C(=O)NC(CCC(N)=O)C(=O)O. The van der Waals surface area contributed by atoms with Crippen LogP contribution >= 0.6 is 11.8 Å². The number of carbonyl (C=O) groups is 5. The van der Waals surface area contributed by atoms with Crippen molar-refractivity contribution in [2.75, 3.05) is 25.2 Å². The van der Waals surface area contributed by atoms with Crippen molar-refractivity contribution in [3.8, 4) is 0 Å². The molecule has 0 rings (SSSR count). The number of thioether (sulfide) groups is 1. The molecule has 0 aromatic carbocycles. The molecule has 4 unspecified atom stereocenters. The Kier molecular flexibility index (Phi) is 15.8. The second-order valence-corrected chi connectivity index (χ2v) is 8.53. The van der Waals surface area contributed by atoms with Crippen molar-refractivity contribution < 1.29 is 34.2 Å². The molecule has 0 spiro atoms. The van der Waals surface area contributed by atoms with Gasteiger partial charge in [0.05, 0.1) is 12.6 Å². The van der Waals surface area contributed by atoms with Gasteiger partial charge >= 0.3 is 5.97 Å². The van der Waals surface area contributed by atoms with Crippen LogP contribution in [-0.2, 0) is 24.0 Å². The molecule has 200 valence electrons. The fourth-order valence-corrected chi connectivity index (χ4v) is 3.19. The van der Waals surface area contributed by atoms with Gasteiger partial charge in [0.1, 0.15) is 18.1 Å². The summed E-state index contributed by atoms with van der Waals surface area (Å²) in [7, 11) is 0. The van der Waals surface area contributed by atoms with Gasteiger partial charge in [-0.1, -0.05) is 0 Å². The number of rotatable bonds is 18. The van der Waals surface area contributed by atoms with E-state index >= 15 is 0 Å². The van der Waals surface area contributed by atoms with E-state index in [1.54, 1.807) is 6.26 Å². The van der Waals surface area contributed by atoms with E-state index in [-0.39, 0.29) is 38.2 Å². The molecule has 4 atom stereocenters. The first-order valence-corrected chi connectivity index (χ1v) is 12.1. The fourth-order valence-electron chi connectivity index (χ4n) is 2.72. The molecule has 35 heavy (non-hydrogen) atoms. The molecular formula is C19H36N8O7S. The molecule has 0 radical (unpaired) electrons. The van der Waals surface area contributed by atoms with Crippen LogP contribution in [0.3, 0.4) is 0 Å². The molecule has 4 amide bonds. The third kappa shape index (κ3) is 14.0. The minimum atomic E-state index is -1.50. The van der Waals surface area contributed by atoms with Crippen molar-refractivity contribution in [3.05, 3.63) is 0 Å². The third-order valence-corrected chi connectivity index (χ3v) is 5.30. The normalized spacial score (nSPS) is 14.0. The molecular weight excluding hydrogens is 484 g/mol. The van der Waals surface area contributed by atoms with Crippen molar-refractivity contribution >= 4 is 47.3 Å². The highest BCUT2D eigenvalue weighted by molar-refractivity contribution is 7.98. The highest BCUT2D eigenvalue weighted by Crippen LogP contribution is 2.04. The summed E-state index contributed by atoms with van der Waals surface area (Å²) in [5.41, 5.74) is 21.3. The zero-order valence-corrected chi connectivity index (χ0v) is 20.4. The van der Waals surface area contributed by atoms with E-state index in [1.165, 1.54) is 11.8 Å². The maximum atomic E-state index is 12.8. The van der Waals surface area contributed by atoms with Crippen LogP contribution in [0.5, 0.6) is 0 Å². The van der Waals surface area contributed by atoms with E-state index in [4.69, 9.17) is 22.9 Å². The number of hydrogen-bond acceptors (Lipinski definition) is 9. The predicted octanol–water partition coefficient (Wildman–Crippen LogP) is -4.08. The number of nitrogens with zero attached hydrogens (tertiary/aromatic N) is 1. The van der Waals surface area contributed by atoms with E-state index in [1.807, 2.05) is 0 Å². The molecule has 0 aromatic heterocycles. The summed E-state index contributed by atoms with van der Waals surface area (Å²) in [6, 6.07) is -4.96. The molecule has 0 aliphatic rings. The molecule has 0 heterocycles. The number of aliphatic hydroxyl groups excluding tert-OH is 1. The molecule has 13 N–H and O–H groups in total. The van der Waals surface area contributed by atoms with E-state index < -0.39 is 60.4 Å². The van der Waals surface area contributed by atoms with Gasteiger partial charge in [0, 0.05) is 13.0 Å². The first kappa shape index (κ1) is 31.9. The first-order valence-electron chi connectivity index (χ1n) is 10.8. The number of nitrogens with two attached hydrogens (primary N) is 4. The molecule has 0 saturated heterocycles. The third-order valence-electron chi connectivity index (χ3n) is 4.66. The second kappa shape index (κ2) is 17.3. The predicted molar refractivity (Wildman–Crippen MR) is 130 cm³/mol. The highest BCUT2D eigenvalue weighted by Gasteiger charge is 2.30. The number of hydrogen-bond donors (Lipinski definition) is 9. The van der Waals surface area contributed by atoms with E-state index in [0.29, 0.717) is 12.2 Å². The van der Waals surface area contributed by atoms with Crippen LogP contribution in [-0.4, -0.2) is 95.1 Å². The van der Waals surface area contributed by atoms with E-state index in [0.717, 1.165) is 0 Å². The molecule has 0 aromatic rings. The van der Waals surface area contributed by atoms with E-state index in [9.17, 15) is 34.2 Å². The number of amides is 4. The minimum absolute atomic E-state index is 0.0816. The van der Waals surface area contributed by atoms with Gasteiger partial charge in [-0.3, -0.25) is 24.2 Å². The lowest BCUT2D eigenvalue weighted by atomic mass is 10.1. The molecule has 0 bridgehead atoms. The summed E-state index contributed by atoms with van der Waals surface area (Å²) in [6.07, 6.45) is 2.13. The van der Waals surface area contributed by atoms with Crippen LogP contribution in [0.15, 0.2) is 4.99 Å². The summed E-state index contributed by atoms with van der Waals surface area (Å²) in [6.45, 7) is -0.559. The monoisotopic (exact) mass is 520 g/mol. The maximum Gasteiger partial charge on any atom is 0.326 e. The number of guanidine groups is 1. The Morgan fingerprint density at radius 2 is 1.46 bits per heavy atom. The maximum absolute atomic E-state index is 12.8. The quantitative estimate of drug-likeness (QED) is 0.0475. The van der Waals surface area contributed by atoms with Crippen molar-refractivity contribution in [1.29, 1.82) is 0 Å². The molecule has 0 fully saturated rings. The van der Waals surface area contributed by atoms with Gasteiger partial charge < -0.3 is 49.1 Å². The number of primary amides is 1. The number of nitrogens with one attached hydrogen (secondary N) is 3. The van der Waals surface area contributed by atoms with Crippen LogP contribution in [0.2, 0.25) is 0 Å². The van der Waals surface area contributed by atoms with E-state index in [2.05, 4.69) is 20.9 Å². The largest absolute Gasteiger partial charge is 0.480 e. The number of aliphatic carboxylic acids is 1. The number of aliphatic hydroxyl groups is 1. The Hall–Kier alpha value is -3.11. The lowest BCUT2D eigenvalue weighted by Crippen LogP contribution is -2.58. The Morgan fingerprint density at radius 1 is 0.886 bits per heavy atom. The Morgan fingerprint density at radius 3 is 1.97 bits per heavy atom. The second-order valence-electron chi connectivity index (χ2n) is 7.55. The number of carboxylic acids is 1. The van der Waals surface area contributed by atoms with Gasteiger partial charge in [0.2, 0.25) is 23.6 Å². The zero-order valence-electron chi connectivity index (χ0n) is 19.6. The summed E-state index contributed by atoms with van der Waals surface area (Å²) in [4.78, 5) is 63.7. The van der Waals surface area contributed by atoms with Gasteiger partial charge in [0.15, 0.2) is 5.96 Å². The van der Waals surface area contributed by atoms with Crippen LogP contribution in [0, 0.1) is 0 Å². The molecule has 0 saturated carbocycles. The molecule has 15 nitrogen and oxygen atoms in total. The number of carboxylic acid groups (broad SMARTS) is 1. The lowest BCUT2D eigenvalue weighted by molar-refractivity contribution is -0.143. The molecule has 16 heteroatoms. The van der Waals surface area contributed by atoms with Gasteiger partial charge in [-0.2, -0.15) is 11.8 Å². The average Bonchev–Trinajstić information content (AvgIpc) is 2.79. The van der Waals surface area contributed by atoms with Crippen LogP contribution < -0.4 is 38.9 Å². The Labute approximate surface area is 207 Å². The van der Waals surface area contributed by atoms with Crippen molar-refractivity contribution in [2.45, 2.75) is 56.3 Å². The smallest absolute Gasteiger partial charge is 0.326 e. The summed E-state index contributed by atoms with van der Waals surface area (Å²) in [5.74, 6) is -4.11. The summed E-state index contributed by atoms with van der Waals surface area (Å²) >= 11 is 1.42. The van der Waals surface area contributed by atoms with Crippen LogP contribution in [0.4, 0.5) is 0 Å². The van der Waals surface area contributed by atoms with Gasteiger partial charge in [-0.05, 0) is 37.7 Å². The zero-order chi connectivity index (χ0) is 27.0. The topological polar surface area (TPSA) is 278 Å². The van der Waals surface area contributed by atoms with Crippen molar-refractivity contribution in [1.82, 2.24) is 16.0 Å². The fraction of sp³-hybridized carbons (Fsp3) is 0.684. The Balaban J connectivity index is 5.13. The van der Waals surface area contributed by atoms with Gasteiger partial charge in [-0.15, -0.1) is 0 Å². The number of carbonyl (C=O) groups excluding carboxylic acids is 4. The Bertz CT molecular complexity index is 763. The highest BCUT2D eigenvalue weighted by atomic mass is 32.2. The average molecular weight is 521 g/mol. The van der Waals surface area contributed by atoms with Gasteiger partial charge in [0.25, 0.3) is 0 Å². The standard InChI is InChI=1S/C19H36N8O7S/c1-35-8-6-11(25-15(30)10(20)3-2-7-24-19(22)23)16(31)27-13(9-28)17(32)26-12(18(33)34)4-5-14(21)29/h10-13,28H,2-9,20H2,1H3,(H2,21,29)(H,25,30)(H,26,32)(H,27,31)(H,33,34)(H4,22,23,24). The number of aliphatic imine (C=N–C) groups is 1. The van der Waals surface area contributed by atoms with Crippen LogP contribution in [0.1, 0.15) is 32.1 Å². The molecule has 0 aliphatic heterocycles. The lowest BCUT2D eigenvalue weighted by Gasteiger charge is -2.24. The van der Waals surface area contributed by atoms with Crippen LogP contribution in [0.25, 0.3) is 0 Å². The molecule has 0 aliphatic carbocycles. The summed E-state index contributed by atoms with van der Waals surface area (Å²) in [5, 5.41) is 25.8. The summed E-state index contributed by atoms with van der Waals surface area (Å²) < 4.78 is 0. The first-order chi connectivity index (χ1) is 16.4. The van der Waals surface area contributed by atoms with Crippen molar-refractivity contribution in [3.63, 3.8) is 0 Å². The minimum Gasteiger partial charge on any atom is -0.480 e.